The molecule has 1 aliphatic heterocycles. The van der Waals surface area contributed by atoms with Gasteiger partial charge < -0.3 is 9.47 Å². The molecule has 4 nitrogen and oxygen atoms in total. The molecule has 104 valence electrons. The molecule has 1 heterocycles. The summed E-state index contributed by atoms with van der Waals surface area (Å²) in [5, 5.41) is 0. The van der Waals surface area contributed by atoms with Crippen LogP contribution in [0.5, 0.6) is 0 Å². The first kappa shape index (κ1) is 15.2. The monoisotopic (exact) mass is 255 g/mol. The highest BCUT2D eigenvalue weighted by atomic mass is 16.6. The van der Waals surface area contributed by atoms with Crippen molar-refractivity contribution < 1.29 is 14.3 Å². The molecule has 1 fully saturated rings. The standard InChI is InChI=1S/C14H25NO3/c1-6-7-10(2)12(4)15-8-11(3)18-13(9-15)14(16)17-5/h6,10-13H,1,7-9H2,2-5H3/t10?,11-,12?,13?/m1/s1. The van der Waals surface area contributed by atoms with Crippen molar-refractivity contribution in [2.24, 2.45) is 5.92 Å². The zero-order valence-corrected chi connectivity index (χ0v) is 11.9. The van der Waals surface area contributed by atoms with Crippen LogP contribution in [0.3, 0.4) is 0 Å². The Morgan fingerprint density at radius 1 is 1.56 bits per heavy atom. The lowest BCUT2D eigenvalue weighted by Crippen LogP contribution is -2.54. The van der Waals surface area contributed by atoms with Crippen LogP contribution in [0.25, 0.3) is 0 Å². The quantitative estimate of drug-likeness (QED) is 0.555. The SMILES string of the molecule is C=CCC(C)C(C)N1CC(C(=O)OC)O[C@H](C)C1. The summed E-state index contributed by atoms with van der Waals surface area (Å²) in [7, 11) is 1.40. The summed E-state index contributed by atoms with van der Waals surface area (Å²) in [6.45, 7) is 11.6. The minimum atomic E-state index is -0.461. The number of methoxy groups -OCH3 is 1. The number of hydrogen-bond acceptors (Lipinski definition) is 4. The van der Waals surface area contributed by atoms with E-state index in [1.54, 1.807) is 0 Å². The molecule has 3 unspecified atom stereocenters. The Bertz CT molecular complexity index is 293. The Hall–Kier alpha value is -0.870. The molecule has 1 aliphatic rings. The number of nitrogens with zero attached hydrogens (tertiary/aromatic N) is 1. The maximum absolute atomic E-state index is 11.6. The van der Waals surface area contributed by atoms with Gasteiger partial charge in [0.25, 0.3) is 0 Å². The molecule has 0 spiro atoms. The van der Waals surface area contributed by atoms with Gasteiger partial charge in [0.05, 0.1) is 13.2 Å². The minimum Gasteiger partial charge on any atom is -0.467 e. The average Bonchev–Trinajstić information content (AvgIpc) is 2.36. The molecule has 0 aromatic carbocycles. The molecule has 4 heteroatoms. The fraction of sp³-hybridized carbons (Fsp3) is 0.786. The number of morpholine rings is 1. The third-order valence-corrected chi connectivity index (χ3v) is 3.69. The van der Waals surface area contributed by atoms with Gasteiger partial charge in [-0.1, -0.05) is 13.0 Å². The molecule has 0 N–H and O–H groups in total. The van der Waals surface area contributed by atoms with E-state index in [2.05, 4.69) is 25.3 Å². The van der Waals surface area contributed by atoms with Gasteiger partial charge in [0.1, 0.15) is 0 Å². The summed E-state index contributed by atoms with van der Waals surface area (Å²) in [5.41, 5.74) is 0. The number of carbonyl (C=O) groups excluding carboxylic acids is 1. The van der Waals surface area contributed by atoms with Crippen molar-refractivity contribution in [2.75, 3.05) is 20.2 Å². The fourth-order valence-corrected chi connectivity index (χ4v) is 2.40. The molecule has 1 rings (SSSR count). The van der Waals surface area contributed by atoms with E-state index in [0.29, 0.717) is 18.5 Å². The summed E-state index contributed by atoms with van der Waals surface area (Å²) in [4.78, 5) is 13.9. The van der Waals surface area contributed by atoms with Crippen molar-refractivity contribution in [1.82, 2.24) is 4.90 Å². The van der Waals surface area contributed by atoms with E-state index in [-0.39, 0.29) is 12.1 Å². The number of allylic oxidation sites excluding steroid dienone is 1. The highest BCUT2D eigenvalue weighted by Gasteiger charge is 2.34. The van der Waals surface area contributed by atoms with Crippen LogP contribution in [0.4, 0.5) is 0 Å². The van der Waals surface area contributed by atoms with Crippen molar-refractivity contribution in [1.29, 1.82) is 0 Å². The van der Waals surface area contributed by atoms with Gasteiger partial charge in [-0.15, -0.1) is 6.58 Å². The van der Waals surface area contributed by atoms with Crippen molar-refractivity contribution in [3.8, 4) is 0 Å². The third-order valence-electron chi connectivity index (χ3n) is 3.69. The zero-order valence-electron chi connectivity index (χ0n) is 11.9. The van der Waals surface area contributed by atoms with Crippen molar-refractivity contribution >= 4 is 5.97 Å². The molecule has 18 heavy (non-hydrogen) atoms. The van der Waals surface area contributed by atoms with Crippen LogP contribution in [0.2, 0.25) is 0 Å². The van der Waals surface area contributed by atoms with E-state index < -0.39 is 6.10 Å². The van der Waals surface area contributed by atoms with Gasteiger partial charge in [-0.2, -0.15) is 0 Å². The summed E-state index contributed by atoms with van der Waals surface area (Å²) in [6.07, 6.45) is 2.52. The molecular weight excluding hydrogens is 230 g/mol. The molecule has 0 saturated carbocycles. The Balaban J connectivity index is 2.64. The van der Waals surface area contributed by atoms with E-state index in [9.17, 15) is 4.79 Å². The first-order valence-electron chi connectivity index (χ1n) is 6.57. The highest BCUT2D eigenvalue weighted by Crippen LogP contribution is 2.20. The average molecular weight is 255 g/mol. The lowest BCUT2D eigenvalue weighted by Gasteiger charge is -2.40. The largest absolute Gasteiger partial charge is 0.467 e. The topological polar surface area (TPSA) is 38.8 Å². The number of ether oxygens (including phenoxy) is 2. The van der Waals surface area contributed by atoms with Gasteiger partial charge in [0.2, 0.25) is 0 Å². The molecule has 0 bridgehead atoms. The lowest BCUT2D eigenvalue weighted by molar-refractivity contribution is -0.168. The second-order valence-corrected chi connectivity index (χ2v) is 5.15. The number of carbonyl (C=O) groups is 1. The van der Waals surface area contributed by atoms with Gasteiger partial charge >= 0.3 is 5.97 Å². The van der Waals surface area contributed by atoms with Gasteiger partial charge in [-0.05, 0) is 26.2 Å². The molecule has 0 aromatic heterocycles. The van der Waals surface area contributed by atoms with Crippen LogP contribution in [-0.4, -0.2) is 49.3 Å². The van der Waals surface area contributed by atoms with Crippen LogP contribution in [0.15, 0.2) is 12.7 Å². The summed E-state index contributed by atoms with van der Waals surface area (Å²) in [5.74, 6) is 0.237. The van der Waals surface area contributed by atoms with Crippen molar-refractivity contribution in [3.63, 3.8) is 0 Å². The zero-order chi connectivity index (χ0) is 13.7. The van der Waals surface area contributed by atoms with E-state index in [1.807, 2.05) is 13.0 Å². The van der Waals surface area contributed by atoms with Crippen molar-refractivity contribution in [2.45, 2.75) is 45.4 Å². The van der Waals surface area contributed by atoms with Crippen LogP contribution in [0.1, 0.15) is 27.2 Å². The first-order valence-corrected chi connectivity index (χ1v) is 6.57. The molecule has 0 aromatic rings. The summed E-state index contributed by atoms with van der Waals surface area (Å²) in [6, 6.07) is 0.404. The minimum absolute atomic E-state index is 0.0567. The lowest BCUT2D eigenvalue weighted by atomic mass is 9.97. The number of esters is 1. The van der Waals surface area contributed by atoms with Gasteiger partial charge in [-0.3, -0.25) is 4.90 Å². The van der Waals surface area contributed by atoms with Crippen LogP contribution < -0.4 is 0 Å². The number of hydrogen-bond donors (Lipinski definition) is 0. The summed E-state index contributed by atoms with van der Waals surface area (Å²) < 4.78 is 10.4. The third kappa shape index (κ3) is 3.82. The maximum atomic E-state index is 11.6. The normalized spacial score (nSPS) is 28.4. The fourth-order valence-electron chi connectivity index (χ4n) is 2.40. The molecule has 0 aliphatic carbocycles. The van der Waals surface area contributed by atoms with Gasteiger partial charge in [-0.25, -0.2) is 4.79 Å². The van der Waals surface area contributed by atoms with E-state index in [4.69, 9.17) is 9.47 Å². The highest BCUT2D eigenvalue weighted by molar-refractivity contribution is 5.75. The Labute approximate surface area is 110 Å². The van der Waals surface area contributed by atoms with E-state index >= 15 is 0 Å². The second kappa shape index (κ2) is 6.90. The maximum Gasteiger partial charge on any atom is 0.336 e. The number of rotatable bonds is 5. The van der Waals surface area contributed by atoms with Gasteiger partial charge in [0, 0.05) is 19.1 Å². The van der Waals surface area contributed by atoms with Crippen molar-refractivity contribution in [3.05, 3.63) is 12.7 Å². The van der Waals surface area contributed by atoms with Crippen LogP contribution in [-0.2, 0) is 14.3 Å². The molecule has 0 amide bonds. The predicted octanol–water partition coefficient (Wildman–Crippen LogP) is 1.85. The van der Waals surface area contributed by atoms with Crippen LogP contribution in [0, 0.1) is 5.92 Å². The molecule has 1 saturated heterocycles. The molecule has 4 atom stereocenters. The van der Waals surface area contributed by atoms with Gasteiger partial charge in [0.15, 0.2) is 6.10 Å². The Kier molecular flexibility index (Phi) is 5.82. The first-order chi connectivity index (χ1) is 8.49. The Morgan fingerprint density at radius 3 is 2.78 bits per heavy atom. The Morgan fingerprint density at radius 2 is 2.22 bits per heavy atom. The molecular formula is C14H25NO3. The van der Waals surface area contributed by atoms with E-state index in [0.717, 1.165) is 13.0 Å². The van der Waals surface area contributed by atoms with E-state index in [1.165, 1.54) is 7.11 Å². The summed E-state index contributed by atoms with van der Waals surface area (Å²) >= 11 is 0. The smallest absolute Gasteiger partial charge is 0.336 e. The van der Waals surface area contributed by atoms with Crippen LogP contribution >= 0.6 is 0 Å². The molecule has 0 radical (unpaired) electrons. The second-order valence-electron chi connectivity index (χ2n) is 5.15. The predicted molar refractivity (Wildman–Crippen MR) is 71.4 cm³/mol.